The molecule has 8 bridgehead atoms. The van der Waals surface area contributed by atoms with E-state index in [1.165, 1.54) is 24.3 Å². The molecule has 6 atom stereocenters. The van der Waals surface area contributed by atoms with Crippen LogP contribution in [0.15, 0.2) is 112 Å². The Morgan fingerprint density at radius 3 is 1.56 bits per heavy atom. The maximum Gasteiger partial charge on any atom is 0.181 e. The van der Waals surface area contributed by atoms with Crippen molar-refractivity contribution in [1.82, 2.24) is 9.97 Å². The van der Waals surface area contributed by atoms with Crippen LogP contribution in [0.1, 0.15) is 116 Å². The van der Waals surface area contributed by atoms with Crippen molar-refractivity contribution in [2.75, 3.05) is 10.6 Å². The van der Waals surface area contributed by atoms with E-state index in [1.54, 1.807) is 104 Å². The molecule has 0 aliphatic carbocycles. The fourth-order valence-electron chi connectivity index (χ4n) is 8.98. The van der Waals surface area contributed by atoms with Crippen molar-refractivity contribution in [1.29, 1.82) is 0 Å². The molecular weight excluding hydrogens is 945 g/mol. The Kier molecular flexibility index (Phi) is 11.9. The molecule has 68 heavy (non-hydrogen) atoms. The van der Waals surface area contributed by atoms with E-state index in [4.69, 9.17) is 20.0 Å². The van der Waals surface area contributed by atoms with Gasteiger partial charge >= 0.3 is 0 Å². The van der Waals surface area contributed by atoms with Crippen LogP contribution in [0.4, 0.5) is 11.6 Å². The number of hydrogen-bond donors (Lipinski definition) is 4. The molecule has 6 aromatic rings. The van der Waals surface area contributed by atoms with Crippen LogP contribution >= 0.6 is 0 Å². The molecule has 4 N–H and O–H groups in total. The van der Waals surface area contributed by atoms with E-state index in [1.807, 2.05) is 0 Å². The molecule has 0 saturated heterocycles. The molecule has 0 saturated carbocycles. The molecule has 4 aromatic carbocycles. The first-order chi connectivity index (χ1) is 32.2. The van der Waals surface area contributed by atoms with Gasteiger partial charge in [0.25, 0.3) is 0 Å². The zero-order valence-electron chi connectivity index (χ0n) is 38.9. The lowest BCUT2D eigenvalue weighted by atomic mass is 10.1. The molecule has 3 aliphatic heterocycles. The van der Waals surface area contributed by atoms with Crippen LogP contribution in [-0.4, -0.2) is 76.3 Å². The number of aromatic nitrogens is 2. The number of sulfone groups is 4. The number of rotatable bonds is 12. The Hall–Kier alpha value is -5.70. The van der Waals surface area contributed by atoms with Gasteiger partial charge in [-0.1, -0.05) is 76.2 Å². The minimum Gasteiger partial charge on any atom is -0.327 e. The number of nitrogens with zero attached hydrogens (tertiary/aromatic N) is 4. The van der Waals surface area contributed by atoms with Crippen LogP contribution in [0.25, 0.3) is 21.5 Å². The molecule has 0 fully saturated rings. The first-order valence-corrected chi connectivity index (χ1v) is 29.0. The molecule has 5 heterocycles. The van der Waals surface area contributed by atoms with Crippen LogP contribution in [0, 0.1) is 0 Å². The lowest BCUT2D eigenvalue weighted by Gasteiger charge is -2.16. The Morgan fingerprint density at radius 2 is 0.941 bits per heavy atom. The smallest absolute Gasteiger partial charge is 0.181 e. The monoisotopic (exact) mass is 998 g/mol. The fourth-order valence-corrected chi connectivity index (χ4v) is 15.5. The summed E-state index contributed by atoms with van der Waals surface area (Å²) in [7, 11) is -15.9. The third kappa shape index (κ3) is 7.31. The maximum absolute atomic E-state index is 14.4. The summed E-state index contributed by atoms with van der Waals surface area (Å²) in [6.07, 6.45) is -1.03. The highest BCUT2D eigenvalue weighted by Crippen LogP contribution is 2.43. The summed E-state index contributed by atoms with van der Waals surface area (Å²) in [6.45, 7) is 13.7. The highest BCUT2D eigenvalue weighted by Gasteiger charge is 2.38. The fraction of sp³-hybridized carbons (Fsp3) is 0.375. The minimum absolute atomic E-state index is 0.00157. The van der Waals surface area contributed by atoms with Crippen molar-refractivity contribution in [3.05, 3.63) is 106 Å². The quantitative estimate of drug-likeness (QED) is 0.0934. The average Bonchev–Trinajstić information content (AvgIpc) is 4.08. The lowest BCUT2D eigenvalue weighted by molar-refractivity contribution is 0.577. The maximum atomic E-state index is 14.4. The number of aromatic amines is 2. The lowest BCUT2D eigenvalue weighted by Crippen LogP contribution is -2.22. The van der Waals surface area contributed by atoms with E-state index in [9.17, 15) is 33.7 Å². The number of H-pyrrole nitrogens is 2. The van der Waals surface area contributed by atoms with E-state index in [0.29, 0.717) is 47.6 Å². The van der Waals surface area contributed by atoms with Crippen LogP contribution in [0.3, 0.4) is 0 Å². The minimum atomic E-state index is -3.97. The van der Waals surface area contributed by atoms with Gasteiger partial charge in [-0.2, -0.15) is 0 Å². The molecule has 16 nitrogen and oxygen atoms in total. The molecule has 0 radical (unpaired) electrons. The predicted octanol–water partition coefficient (Wildman–Crippen LogP) is 7.63. The van der Waals surface area contributed by atoms with E-state index >= 15 is 0 Å². The Morgan fingerprint density at radius 1 is 0.471 bits per heavy atom. The number of amidine groups is 2. The summed E-state index contributed by atoms with van der Waals surface area (Å²) in [4.78, 5) is 27.0. The number of hydrogen-bond acceptors (Lipinski definition) is 14. The second-order valence-electron chi connectivity index (χ2n) is 17.8. The number of aliphatic imine (C=N–C) groups is 2. The first-order valence-electron chi connectivity index (χ1n) is 22.8. The van der Waals surface area contributed by atoms with Gasteiger partial charge in [-0.25, -0.2) is 53.6 Å². The highest BCUT2D eigenvalue weighted by atomic mass is 32.2. The van der Waals surface area contributed by atoms with Crippen LogP contribution in [0.5, 0.6) is 0 Å². The van der Waals surface area contributed by atoms with Gasteiger partial charge in [-0.3, -0.25) is 0 Å². The highest BCUT2D eigenvalue weighted by molar-refractivity contribution is 7.93. The van der Waals surface area contributed by atoms with Crippen molar-refractivity contribution in [2.24, 2.45) is 20.0 Å². The van der Waals surface area contributed by atoms with Gasteiger partial charge in [-0.15, -0.1) is 0 Å². The molecule has 9 rings (SSSR count). The number of anilines is 2. The van der Waals surface area contributed by atoms with Gasteiger partial charge in [0.1, 0.15) is 34.3 Å². The number of benzene rings is 4. The SMILES string of the molecule is CCC(C)S(=O)(=O)c1cccc2c1C1=NC2/N=c2\[nH]/c(c3cccc(S(=O)(=O)C(C)CC)c23)=N\C2N=C(Nc3[nH]c(c4cccc(S(=O)(=O)C(C)CC)c34)N1)c1cccc(S(=O)(=O)C(C)CC)c12. The largest absolute Gasteiger partial charge is 0.327 e. The zero-order chi connectivity index (χ0) is 48.8. The van der Waals surface area contributed by atoms with Crippen LogP contribution < -0.4 is 21.6 Å². The third-order valence-corrected chi connectivity index (χ3v) is 23.2. The summed E-state index contributed by atoms with van der Waals surface area (Å²) in [5.74, 6) is 0.758. The Balaban J connectivity index is 1.44. The topological polar surface area (TPSA) is 242 Å². The van der Waals surface area contributed by atoms with Crippen molar-refractivity contribution in [3.63, 3.8) is 0 Å². The average molecular weight is 999 g/mol. The standard InChI is InChI=1S/C48H54N8O8S4/c1-9-25(5)65(57,58)33-21-13-17-29-37(33)45-49-41(29)54-46-39-31(19-15-23-35(39)67(61,62)27(7)11-3)43(51-46)56-48-40-32(20-16-24-36(40)68(63,64)28(8)12-4)44(52-48)55-47-38-30(42(50-47)53-45)18-14-22-34(38)66(59,60)26(6)10-2/h13-28,41,48,50H,9-12H2,1-8H3,(H,49,53)(H,52,55)(H,51,54,56). The summed E-state index contributed by atoms with van der Waals surface area (Å²) >= 11 is 0. The second-order valence-corrected chi connectivity index (χ2v) is 27.1. The van der Waals surface area contributed by atoms with Gasteiger partial charge in [0.05, 0.1) is 40.6 Å². The first kappa shape index (κ1) is 47.4. The van der Waals surface area contributed by atoms with Crippen molar-refractivity contribution in [2.45, 2.75) is 134 Å². The van der Waals surface area contributed by atoms with E-state index in [-0.39, 0.29) is 75.8 Å². The molecule has 0 amide bonds. The normalized spacial score (nSPS) is 19.8. The van der Waals surface area contributed by atoms with Crippen LogP contribution in [-0.2, 0) is 39.3 Å². The molecule has 358 valence electrons. The van der Waals surface area contributed by atoms with Crippen molar-refractivity contribution < 1.29 is 33.7 Å². The molecule has 0 spiro atoms. The van der Waals surface area contributed by atoms with Gasteiger partial charge < -0.3 is 20.6 Å². The Bertz CT molecular complexity index is 3750. The zero-order valence-corrected chi connectivity index (χ0v) is 42.2. The molecule has 6 unspecified atom stereocenters. The molecule has 20 heteroatoms. The number of nitrogens with one attached hydrogen (secondary N) is 4. The summed E-state index contributed by atoms with van der Waals surface area (Å²) < 4.78 is 115. The van der Waals surface area contributed by atoms with E-state index in [0.717, 1.165) is 0 Å². The molecule has 2 aromatic heterocycles. The Labute approximate surface area is 396 Å². The predicted molar refractivity (Wildman–Crippen MR) is 265 cm³/mol. The molecular formula is C48H54N8O8S4. The van der Waals surface area contributed by atoms with Gasteiger partial charge in [0.2, 0.25) is 0 Å². The summed E-state index contributed by atoms with van der Waals surface area (Å²) in [6, 6.07) is 19.5. The van der Waals surface area contributed by atoms with Gasteiger partial charge in [0, 0.05) is 43.8 Å². The van der Waals surface area contributed by atoms with Gasteiger partial charge in [0.15, 0.2) is 51.7 Å². The summed E-state index contributed by atoms with van der Waals surface area (Å²) in [5, 5.41) is 4.93. The number of fused-ring (bicyclic) bond motifs is 18. The summed E-state index contributed by atoms with van der Waals surface area (Å²) in [5.41, 5.74) is 1.60. The van der Waals surface area contributed by atoms with E-state index in [2.05, 4.69) is 20.6 Å². The van der Waals surface area contributed by atoms with Crippen molar-refractivity contribution >= 4 is 84.2 Å². The van der Waals surface area contributed by atoms with E-state index < -0.39 is 72.7 Å². The van der Waals surface area contributed by atoms with Crippen LogP contribution in [0.2, 0.25) is 0 Å². The molecule has 3 aliphatic rings. The van der Waals surface area contributed by atoms with Gasteiger partial charge in [-0.05, 0) is 77.6 Å². The second kappa shape index (κ2) is 17.1. The van der Waals surface area contributed by atoms with Crippen molar-refractivity contribution in [3.8, 4) is 0 Å². The third-order valence-electron chi connectivity index (χ3n) is 13.8.